The maximum absolute atomic E-state index is 12.2. The molecular formula is C18H27NO4. The number of esters is 1. The molecule has 1 amide bonds. The topological polar surface area (TPSA) is 75.6 Å². The summed E-state index contributed by atoms with van der Waals surface area (Å²) in [5.41, 5.74) is 0.501. The van der Waals surface area contributed by atoms with Gasteiger partial charge in [-0.1, -0.05) is 57.2 Å². The molecule has 0 aliphatic heterocycles. The number of amides is 1. The molecule has 1 rings (SSSR count). The summed E-state index contributed by atoms with van der Waals surface area (Å²) in [6.45, 7) is 2.14. The molecule has 0 aromatic heterocycles. The SMILES string of the molecule is CCCCCCC[C@@H](NC(=O)c1ccccc1)[C@H](O)C(=O)OC. The molecule has 0 fully saturated rings. The zero-order chi connectivity index (χ0) is 17.1. The lowest BCUT2D eigenvalue weighted by molar-refractivity contribution is -0.151. The van der Waals surface area contributed by atoms with E-state index in [1.165, 1.54) is 13.5 Å². The van der Waals surface area contributed by atoms with Crippen LogP contribution in [0.1, 0.15) is 55.8 Å². The molecule has 5 heteroatoms. The number of benzene rings is 1. The van der Waals surface area contributed by atoms with Crippen LogP contribution in [0, 0.1) is 0 Å². The van der Waals surface area contributed by atoms with Gasteiger partial charge in [0.05, 0.1) is 13.2 Å². The van der Waals surface area contributed by atoms with Gasteiger partial charge in [0, 0.05) is 5.56 Å². The summed E-state index contributed by atoms with van der Waals surface area (Å²) < 4.78 is 4.58. The predicted molar refractivity (Wildman–Crippen MR) is 89.1 cm³/mol. The summed E-state index contributed by atoms with van der Waals surface area (Å²) in [6.07, 6.45) is 4.48. The number of hydrogen-bond donors (Lipinski definition) is 2. The minimum absolute atomic E-state index is 0.299. The van der Waals surface area contributed by atoms with Crippen LogP contribution >= 0.6 is 0 Å². The fourth-order valence-corrected chi connectivity index (χ4v) is 2.40. The third-order valence-electron chi connectivity index (χ3n) is 3.79. The third-order valence-corrected chi connectivity index (χ3v) is 3.79. The van der Waals surface area contributed by atoms with Gasteiger partial charge < -0.3 is 15.2 Å². The average molecular weight is 321 g/mol. The highest BCUT2D eigenvalue weighted by atomic mass is 16.5. The second-order valence-corrected chi connectivity index (χ2v) is 5.62. The number of unbranched alkanes of at least 4 members (excludes halogenated alkanes) is 4. The lowest BCUT2D eigenvalue weighted by Gasteiger charge is -2.22. The molecule has 0 spiro atoms. The highest BCUT2D eigenvalue weighted by Crippen LogP contribution is 2.12. The first-order chi connectivity index (χ1) is 11.1. The Balaban J connectivity index is 2.63. The Morgan fingerprint density at radius 1 is 1.13 bits per heavy atom. The smallest absolute Gasteiger partial charge is 0.336 e. The molecular weight excluding hydrogens is 294 g/mol. The van der Waals surface area contributed by atoms with E-state index < -0.39 is 18.1 Å². The molecule has 0 heterocycles. The Kier molecular flexibility index (Phi) is 8.98. The van der Waals surface area contributed by atoms with Crippen molar-refractivity contribution in [3.05, 3.63) is 35.9 Å². The van der Waals surface area contributed by atoms with E-state index in [4.69, 9.17) is 0 Å². The minimum Gasteiger partial charge on any atom is -0.467 e. The molecule has 23 heavy (non-hydrogen) atoms. The van der Waals surface area contributed by atoms with E-state index in [9.17, 15) is 14.7 Å². The van der Waals surface area contributed by atoms with Crippen LogP contribution in [0.5, 0.6) is 0 Å². The van der Waals surface area contributed by atoms with Crippen LogP contribution < -0.4 is 5.32 Å². The number of nitrogens with one attached hydrogen (secondary N) is 1. The zero-order valence-electron chi connectivity index (χ0n) is 14.0. The number of aliphatic hydroxyl groups is 1. The van der Waals surface area contributed by atoms with E-state index >= 15 is 0 Å². The van der Waals surface area contributed by atoms with Crippen LogP contribution in [0.25, 0.3) is 0 Å². The number of carbonyl (C=O) groups is 2. The van der Waals surface area contributed by atoms with Crippen molar-refractivity contribution in [2.45, 2.75) is 57.6 Å². The molecule has 1 aromatic carbocycles. The van der Waals surface area contributed by atoms with Gasteiger partial charge in [-0.15, -0.1) is 0 Å². The summed E-state index contributed by atoms with van der Waals surface area (Å²) >= 11 is 0. The predicted octanol–water partition coefficient (Wildman–Crippen LogP) is 2.68. The Bertz CT molecular complexity index is 475. The Labute approximate surface area is 138 Å². The molecule has 0 radical (unpaired) electrons. The average Bonchev–Trinajstić information content (AvgIpc) is 2.59. The first-order valence-electron chi connectivity index (χ1n) is 8.22. The van der Waals surface area contributed by atoms with Crippen LogP contribution in [0.3, 0.4) is 0 Å². The van der Waals surface area contributed by atoms with E-state index in [1.54, 1.807) is 24.3 Å². The molecule has 1 aromatic rings. The van der Waals surface area contributed by atoms with Crippen molar-refractivity contribution in [3.8, 4) is 0 Å². The normalized spacial score (nSPS) is 13.2. The van der Waals surface area contributed by atoms with Gasteiger partial charge in [-0.2, -0.15) is 0 Å². The molecule has 0 saturated heterocycles. The number of aliphatic hydroxyl groups excluding tert-OH is 1. The lowest BCUT2D eigenvalue weighted by Crippen LogP contribution is -2.47. The number of ether oxygens (including phenoxy) is 1. The highest BCUT2D eigenvalue weighted by Gasteiger charge is 2.28. The number of carbonyl (C=O) groups excluding carboxylic acids is 2. The molecule has 128 valence electrons. The largest absolute Gasteiger partial charge is 0.467 e. The van der Waals surface area contributed by atoms with Crippen molar-refractivity contribution in [2.24, 2.45) is 0 Å². The second-order valence-electron chi connectivity index (χ2n) is 5.62. The van der Waals surface area contributed by atoms with Crippen molar-refractivity contribution in [1.82, 2.24) is 5.32 Å². The zero-order valence-corrected chi connectivity index (χ0v) is 14.0. The van der Waals surface area contributed by atoms with Gasteiger partial charge in [-0.3, -0.25) is 4.79 Å². The molecule has 2 N–H and O–H groups in total. The highest BCUT2D eigenvalue weighted by molar-refractivity contribution is 5.94. The monoisotopic (exact) mass is 321 g/mol. The fraction of sp³-hybridized carbons (Fsp3) is 0.556. The van der Waals surface area contributed by atoms with E-state index in [0.29, 0.717) is 12.0 Å². The number of hydrogen-bond acceptors (Lipinski definition) is 4. The quantitative estimate of drug-likeness (QED) is 0.513. The van der Waals surface area contributed by atoms with Crippen LogP contribution in [0.15, 0.2) is 30.3 Å². The minimum atomic E-state index is -1.35. The summed E-state index contributed by atoms with van der Waals surface area (Å²) in [4.78, 5) is 23.8. The maximum atomic E-state index is 12.2. The maximum Gasteiger partial charge on any atom is 0.336 e. The van der Waals surface area contributed by atoms with Gasteiger partial charge >= 0.3 is 5.97 Å². The van der Waals surface area contributed by atoms with E-state index in [-0.39, 0.29) is 5.91 Å². The Morgan fingerprint density at radius 2 is 1.78 bits per heavy atom. The van der Waals surface area contributed by atoms with Crippen molar-refractivity contribution in [2.75, 3.05) is 7.11 Å². The van der Waals surface area contributed by atoms with Gasteiger partial charge in [0.25, 0.3) is 5.91 Å². The van der Waals surface area contributed by atoms with Gasteiger partial charge in [0.1, 0.15) is 0 Å². The lowest BCUT2D eigenvalue weighted by atomic mass is 10.0. The fourth-order valence-electron chi connectivity index (χ4n) is 2.40. The second kappa shape index (κ2) is 10.8. The van der Waals surface area contributed by atoms with Crippen LogP contribution in [0.4, 0.5) is 0 Å². The summed E-state index contributed by atoms with van der Waals surface area (Å²) in [5.74, 6) is -1.02. The standard InChI is InChI=1S/C18H27NO4/c1-3-4-5-6-10-13-15(16(20)18(22)23-2)19-17(21)14-11-8-7-9-12-14/h7-9,11-12,15-16,20H,3-6,10,13H2,1-2H3,(H,19,21)/t15-,16+/m1/s1. The summed E-state index contributed by atoms with van der Waals surface area (Å²) in [7, 11) is 1.23. The Morgan fingerprint density at radius 3 is 2.39 bits per heavy atom. The van der Waals surface area contributed by atoms with Crippen LogP contribution in [-0.4, -0.2) is 36.2 Å². The van der Waals surface area contributed by atoms with Gasteiger partial charge in [0.15, 0.2) is 6.10 Å². The Hall–Kier alpha value is -1.88. The number of methoxy groups -OCH3 is 1. The first kappa shape index (κ1) is 19.2. The molecule has 5 nitrogen and oxygen atoms in total. The number of rotatable bonds is 10. The molecule has 2 atom stereocenters. The van der Waals surface area contributed by atoms with E-state index in [0.717, 1.165) is 25.7 Å². The molecule has 0 bridgehead atoms. The molecule has 0 saturated carbocycles. The van der Waals surface area contributed by atoms with Crippen molar-refractivity contribution >= 4 is 11.9 Å². The van der Waals surface area contributed by atoms with Crippen LogP contribution in [-0.2, 0) is 9.53 Å². The summed E-state index contributed by atoms with van der Waals surface area (Å²) in [6, 6.07) is 8.11. The van der Waals surface area contributed by atoms with Gasteiger partial charge in [-0.25, -0.2) is 4.79 Å². The third kappa shape index (κ3) is 6.82. The van der Waals surface area contributed by atoms with Crippen molar-refractivity contribution in [1.29, 1.82) is 0 Å². The first-order valence-corrected chi connectivity index (χ1v) is 8.22. The molecule has 0 aliphatic rings. The van der Waals surface area contributed by atoms with E-state index in [2.05, 4.69) is 17.0 Å². The van der Waals surface area contributed by atoms with Crippen molar-refractivity contribution in [3.63, 3.8) is 0 Å². The van der Waals surface area contributed by atoms with Gasteiger partial charge in [-0.05, 0) is 18.6 Å². The molecule has 0 aliphatic carbocycles. The summed E-state index contributed by atoms with van der Waals surface area (Å²) in [5, 5.41) is 12.8. The van der Waals surface area contributed by atoms with Crippen LogP contribution in [0.2, 0.25) is 0 Å². The van der Waals surface area contributed by atoms with Gasteiger partial charge in [0.2, 0.25) is 0 Å². The van der Waals surface area contributed by atoms with Crippen molar-refractivity contribution < 1.29 is 19.4 Å². The molecule has 0 unspecified atom stereocenters. The van der Waals surface area contributed by atoms with E-state index in [1.807, 2.05) is 6.07 Å².